The topological polar surface area (TPSA) is 55.8 Å². The molecule has 0 amide bonds. The molecule has 1 N–H and O–H groups in total. The fraction of sp³-hybridized carbons (Fsp3) is 0.500. The van der Waals surface area contributed by atoms with E-state index >= 15 is 0 Å². The van der Waals surface area contributed by atoms with E-state index < -0.39 is 11.4 Å². The fourth-order valence-corrected chi connectivity index (χ4v) is 3.04. The van der Waals surface area contributed by atoms with Gasteiger partial charge in [-0.3, -0.25) is 4.79 Å². The maximum atomic E-state index is 11.7. The van der Waals surface area contributed by atoms with Crippen molar-refractivity contribution in [2.45, 2.75) is 31.6 Å². The van der Waals surface area contributed by atoms with Gasteiger partial charge in [-0.25, -0.2) is 0 Å². The van der Waals surface area contributed by atoms with E-state index in [0.717, 1.165) is 16.5 Å². The Labute approximate surface area is 120 Å². The van der Waals surface area contributed by atoms with Gasteiger partial charge in [0, 0.05) is 15.6 Å². The molecule has 0 radical (unpaired) electrons. The molecule has 0 unspecified atom stereocenters. The lowest BCUT2D eigenvalue weighted by molar-refractivity contribution is -0.147. The lowest BCUT2D eigenvalue weighted by Crippen LogP contribution is -2.42. The van der Waals surface area contributed by atoms with Gasteiger partial charge in [0.2, 0.25) is 0 Å². The van der Waals surface area contributed by atoms with Gasteiger partial charge in [0.05, 0.1) is 19.6 Å². The molecule has 19 heavy (non-hydrogen) atoms. The minimum absolute atomic E-state index is 0.533. The van der Waals surface area contributed by atoms with Gasteiger partial charge in [0.1, 0.15) is 0 Å². The van der Waals surface area contributed by atoms with Crippen molar-refractivity contribution in [2.24, 2.45) is 0 Å². The Bertz CT molecular complexity index is 521. The van der Waals surface area contributed by atoms with Crippen LogP contribution in [0.15, 0.2) is 10.5 Å². The van der Waals surface area contributed by atoms with Gasteiger partial charge in [0.15, 0.2) is 11.5 Å². The lowest BCUT2D eigenvalue weighted by atomic mass is 9.64. The van der Waals surface area contributed by atoms with Crippen LogP contribution in [0.25, 0.3) is 0 Å². The zero-order valence-corrected chi connectivity index (χ0v) is 12.8. The highest BCUT2D eigenvalue weighted by Gasteiger charge is 2.48. The van der Waals surface area contributed by atoms with Gasteiger partial charge in [0.25, 0.3) is 0 Å². The molecular formula is C14H17BrO4. The Morgan fingerprint density at radius 2 is 1.89 bits per heavy atom. The van der Waals surface area contributed by atoms with Crippen molar-refractivity contribution < 1.29 is 19.4 Å². The van der Waals surface area contributed by atoms with Gasteiger partial charge in [-0.1, -0.05) is 22.4 Å². The van der Waals surface area contributed by atoms with Crippen LogP contribution in [0.1, 0.15) is 30.4 Å². The Kier molecular flexibility index (Phi) is 3.76. The van der Waals surface area contributed by atoms with Crippen molar-refractivity contribution in [3.05, 3.63) is 21.7 Å². The minimum Gasteiger partial charge on any atom is -0.493 e. The molecule has 2 rings (SSSR count). The molecule has 0 atom stereocenters. The number of aliphatic carboxylic acids is 1. The summed E-state index contributed by atoms with van der Waals surface area (Å²) in [4.78, 5) is 11.7. The number of carboxylic acids is 1. The third-order valence-electron chi connectivity index (χ3n) is 3.96. The summed E-state index contributed by atoms with van der Waals surface area (Å²) in [5, 5.41) is 9.57. The minimum atomic E-state index is -0.838. The number of hydrogen-bond donors (Lipinski definition) is 1. The molecule has 1 aliphatic rings. The molecule has 1 aromatic carbocycles. The number of halogens is 1. The first-order valence-corrected chi connectivity index (χ1v) is 6.92. The second-order valence-electron chi connectivity index (χ2n) is 4.84. The number of carboxylic acid groups (broad SMARTS) is 1. The average molecular weight is 329 g/mol. The molecule has 0 aromatic heterocycles. The molecule has 1 saturated carbocycles. The summed E-state index contributed by atoms with van der Waals surface area (Å²) < 4.78 is 11.7. The number of methoxy groups -OCH3 is 2. The third kappa shape index (κ3) is 2.00. The molecule has 0 spiro atoms. The SMILES string of the molecule is COc1c(C2(C(=O)O)CCC2)cc(Br)c(C)c1OC. The Hall–Kier alpha value is -1.23. The molecule has 5 heteroatoms. The van der Waals surface area contributed by atoms with Crippen molar-refractivity contribution in [1.29, 1.82) is 0 Å². The predicted octanol–water partition coefficient (Wildman–Crippen LogP) is 3.28. The van der Waals surface area contributed by atoms with Crippen LogP contribution < -0.4 is 9.47 Å². The number of benzene rings is 1. The highest BCUT2D eigenvalue weighted by Crippen LogP contribution is 2.51. The van der Waals surface area contributed by atoms with Gasteiger partial charge in [-0.05, 0) is 25.8 Å². The monoisotopic (exact) mass is 328 g/mol. The van der Waals surface area contributed by atoms with Gasteiger partial charge < -0.3 is 14.6 Å². The van der Waals surface area contributed by atoms with Crippen LogP contribution in [0.3, 0.4) is 0 Å². The summed E-state index contributed by atoms with van der Waals surface area (Å²) in [5.74, 6) is 0.333. The zero-order chi connectivity index (χ0) is 14.2. The number of rotatable bonds is 4. The quantitative estimate of drug-likeness (QED) is 0.921. The molecule has 0 bridgehead atoms. The van der Waals surface area contributed by atoms with Crippen molar-refractivity contribution in [3.8, 4) is 11.5 Å². The van der Waals surface area contributed by atoms with Crippen molar-refractivity contribution in [3.63, 3.8) is 0 Å². The van der Waals surface area contributed by atoms with Crippen LogP contribution in [0.5, 0.6) is 11.5 Å². The van der Waals surface area contributed by atoms with Gasteiger partial charge in [-0.15, -0.1) is 0 Å². The van der Waals surface area contributed by atoms with E-state index in [0.29, 0.717) is 29.9 Å². The van der Waals surface area contributed by atoms with Crippen LogP contribution in [0, 0.1) is 6.92 Å². The molecular weight excluding hydrogens is 312 g/mol. The molecule has 4 nitrogen and oxygen atoms in total. The predicted molar refractivity (Wildman–Crippen MR) is 75.1 cm³/mol. The molecule has 1 aliphatic carbocycles. The maximum Gasteiger partial charge on any atom is 0.314 e. The molecule has 0 heterocycles. The average Bonchev–Trinajstić information content (AvgIpc) is 2.31. The molecule has 1 aromatic rings. The van der Waals surface area contributed by atoms with Gasteiger partial charge >= 0.3 is 5.97 Å². The molecule has 0 aliphatic heterocycles. The van der Waals surface area contributed by atoms with E-state index in [1.165, 1.54) is 0 Å². The zero-order valence-electron chi connectivity index (χ0n) is 11.2. The van der Waals surface area contributed by atoms with Crippen LogP contribution in [-0.2, 0) is 10.2 Å². The van der Waals surface area contributed by atoms with E-state index in [-0.39, 0.29) is 0 Å². The van der Waals surface area contributed by atoms with Crippen LogP contribution in [0.4, 0.5) is 0 Å². The summed E-state index contributed by atoms with van der Waals surface area (Å²) in [5.41, 5.74) is 0.764. The summed E-state index contributed by atoms with van der Waals surface area (Å²) in [6.45, 7) is 1.91. The molecule has 104 valence electrons. The molecule has 0 saturated heterocycles. The summed E-state index contributed by atoms with van der Waals surface area (Å²) in [7, 11) is 3.11. The number of ether oxygens (including phenoxy) is 2. The summed E-state index contributed by atoms with van der Waals surface area (Å²) in [6.07, 6.45) is 2.19. The van der Waals surface area contributed by atoms with Gasteiger partial charge in [-0.2, -0.15) is 0 Å². The number of hydrogen-bond acceptors (Lipinski definition) is 3. The van der Waals surface area contributed by atoms with Crippen LogP contribution >= 0.6 is 15.9 Å². The van der Waals surface area contributed by atoms with Crippen molar-refractivity contribution in [2.75, 3.05) is 14.2 Å². The standard InChI is InChI=1S/C14H17BrO4/c1-8-10(15)7-9(12(19-3)11(8)18-2)14(13(16)17)5-4-6-14/h7H,4-6H2,1-3H3,(H,16,17). The summed E-state index contributed by atoms with van der Waals surface area (Å²) in [6, 6.07) is 1.85. The Morgan fingerprint density at radius 1 is 1.32 bits per heavy atom. The highest BCUT2D eigenvalue weighted by molar-refractivity contribution is 9.10. The lowest BCUT2D eigenvalue weighted by Gasteiger charge is -2.39. The van der Waals surface area contributed by atoms with E-state index in [2.05, 4.69) is 15.9 Å². The Morgan fingerprint density at radius 3 is 2.26 bits per heavy atom. The second kappa shape index (κ2) is 5.04. The normalized spacial score (nSPS) is 16.6. The largest absolute Gasteiger partial charge is 0.493 e. The fourth-order valence-electron chi connectivity index (χ4n) is 2.63. The summed E-state index contributed by atoms with van der Waals surface area (Å²) >= 11 is 3.47. The maximum absolute atomic E-state index is 11.7. The van der Waals surface area contributed by atoms with E-state index in [4.69, 9.17) is 9.47 Å². The second-order valence-corrected chi connectivity index (χ2v) is 5.69. The first-order valence-electron chi connectivity index (χ1n) is 6.13. The Balaban J connectivity index is 2.69. The van der Waals surface area contributed by atoms with E-state index in [9.17, 15) is 9.90 Å². The van der Waals surface area contributed by atoms with Crippen molar-refractivity contribution in [1.82, 2.24) is 0 Å². The number of carbonyl (C=O) groups is 1. The third-order valence-corrected chi connectivity index (χ3v) is 4.78. The smallest absolute Gasteiger partial charge is 0.314 e. The van der Waals surface area contributed by atoms with Crippen LogP contribution in [0.2, 0.25) is 0 Å². The van der Waals surface area contributed by atoms with E-state index in [1.54, 1.807) is 14.2 Å². The molecule has 1 fully saturated rings. The highest BCUT2D eigenvalue weighted by atomic mass is 79.9. The first kappa shape index (κ1) is 14.2. The first-order chi connectivity index (χ1) is 8.97. The van der Waals surface area contributed by atoms with Crippen molar-refractivity contribution >= 4 is 21.9 Å². The van der Waals surface area contributed by atoms with Crippen LogP contribution in [-0.4, -0.2) is 25.3 Å². The van der Waals surface area contributed by atoms with E-state index in [1.807, 2.05) is 13.0 Å².